The fourth-order valence-corrected chi connectivity index (χ4v) is 7.61. The van der Waals surface area contributed by atoms with Gasteiger partial charge in [-0.25, -0.2) is 33.3 Å². The molecule has 23 heteroatoms. The summed E-state index contributed by atoms with van der Waals surface area (Å²) in [7, 11) is 0. The van der Waals surface area contributed by atoms with Crippen molar-refractivity contribution in [2.45, 2.75) is 127 Å². The van der Waals surface area contributed by atoms with Crippen LogP contribution in [-0.4, -0.2) is 129 Å². The van der Waals surface area contributed by atoms with Crippen LogP contribution < -0.4 is 35.2 Å². The number of Topliss-reactive ketones (excluding diaryl/α,β-unsaturated/α-hetero) is 2. The topological polar surface area (TPSA) is 334 Å². The monoisotopic (exact) mass is 902 g/mol. The number of carboxylic acids is 1. The fraction of sp³-hybridized carbons (Fsp3) is 0.488. The molecule has 21 nitrogen and oxygen atoms in total. The quantitative estimate of drug-likeness (QED) is 0.0656. The number of nitrogens with one attached hydrogen (secondary N) is 2. The van der Waals surface area contributed by atoms with Crippen molar-refractivity contribution in [1.29, 1.82) is 0 Å². The molecule has 0 radical (unpaired) electrons. The number of anilines is 2. The molecule has 6 heterocycles. The van der Waals surface area contributed by atoms with Gasteiger partial charge in [0.2, 0.25) is 0 Å². The molecule has 6 aromatic rings. The van der Waals surface area contributed by atoms with E-state index in [1.54, 1.807) is 35.2 Å². The van der Waals surface area contributed by atoms with Crippen molar-refractivity contribution < 1.29 is 64.6 Å². The zero-order chi connectivity index (χ0) is 43.6. The van der Waals surface area contributed by atoms with Gasteiger partial charge in [-0.3, -0.25) is 9.59 Å². The van der Waals surface area contributed by atoms with Gasteiger partial charge in [0.05, 0.1) is 60.1 Å². The second kappa shape index (κ2) is 24.8. The maximum absolute atomic E-state index is 11.5. The number of hydrogen-bond acceptors (Lipinski definition) is 16. The van der Waals surface area contributed by atoms with Gasteiger partial charge in [0.15, 0.2) is 28.5 Å². The van der Waals surface area contributed by atoms with Crippen LogP contribution in [0.4, 0.5) is 11.6 Å². The molecule has 0 aliphatic heterocycles. The molecule has 3 aliphatic carbocycles. The summed E-state index contributed by atoms with van der Waals surface area (Å²) in [6, 6.07) is 5.21. The Morgan fingerprint density at radius 2 is 1.00 bits per heavy atom. The average Bonchev–Trinajstić information content (AvgIpc) is 3.98. The van der Waals surface area contributed by atoms with Crippen LogP contribution in [0, 0.1) is 0 Å². The average molecular weight is 903 g/mol. The molecule has 11 N–H and O–H groups in total. The number of ketones is 2. The first kappa shape index (κ1) is 53.3. The summed E-state index contributed by atoms with van der Waals surface area (Å²) in [6.45, 7) is 2.98. The smallest absolute Gasteiger partial charge is 0.870 e. The number of rotatable bonds is 7. The first-order chi connectivity index (χ1) is 29.3. The Labute approximate surface area is 385 Å². The Balaban J connectivity index is 0.000000234. The van der Waals surface area contributed by atoms with E-state index in [1.807, 2.05) is 6.07 Å². The Morgan fingerprint density at radius 1 is 0.625 bits per heavy atom. The number of nitrogens with two attached hydrogens (primary N) is 1. The molecule has 0 unspecified atom stereocenters. The number of aromatic carboxylic acids is 1. The van der Waals surface area contributed by atoms with Crippen LogP contribution in [0.1, 0.15) is 122 Å². The van der Waals surface area contributed by atoms with Gasteiger partial charge >= 0.3 is 24.8 Å². The van der Waals surface area contributed by atoms with Gasteiger partial charge in [-0.05, 0) is 70.6 Å². The van der Waals surface area contributed by atoms with Crippen molar-refractivity contribution in [1.82, 2.24) is 43.8 Å². The molecule has 9 rings (SSSR count). The molecular weight excluding hydrogens is 847 g/mol. The van der Waals surface area contributed by atoms with E-state index in [2.05, 4.69) is 40.9 Å². The predicted molar refractivity (Wildman–Crippen MR) is 233 cm³/mol. The normalized spacial score (nSPS) is 21.4. The summed E-state index contributed by atoms with van der Waals surface area (Å²) >= 11 is 5.69. The number of nitrogens with zero attached hydrogens (tertiary/aromatic N) is 9. The Morgan fingerprint density at radius 3 is 1.39 bits per heavy atom. The van der Waals surface area contributed by atoms with Crippen molar-refractivity contribution in [2.75, 3.05) is 10.6 Å². The number of aromatic nitrogens is 9. The van der Waals surface area contributed by atoms with Gasteiger partial charge in [0.1, 0.15) is 22.4 Å². The van der Waals surface area contributed by atoms with Crippen molar-refractivity contribution >= 4 is 57.7 Å². The van der Waals surface area contributed by atoms with Crippen molar-refractivity contribution in [2.24, 2.45) is 5.73 Å². The molecule has 3 saturated carbocycles. The van der Waals surface area contributed by atoms with Crippen LogP contribution >= 0.6 is 11.6 Å². The van der Waals surface area contributed by atoms with Gasteiger partial charge in [0, 0.05) is 24.6 Å². The number of carboxylic acid groups (broad SMARTS) is 1. The molecule has 64 heavy (non-hydrogen) atoms. The molecule has 0 aromatic carbocycles. The van der Waals surface area contributed by atoms with E-state index in [1.165, 1.54) is 47.9 Å². The van der Waals surface area contributed by atoms with Crippen LogP contribution in [0.15, 0.2) is 55.4 Å². The second-order valence-electron chi connectivity index (χ2n) is 15.5. The summed E-state index contributed by atoms with van der Waals surface area (Å²) in [5.74, 6) is 0.0624. The van der Waals surface area contributed by atoms with Gasteiger partial charge in [-0.2, -0.15) is 15.3 Å². The molecule has 3 fully saturated rings. The predicted octanol–water partition coefficient (Wildman–Crippen LogP) is 0.627. The first-order valence-corrected chi connectivity index (χ1v) is 20.9. The number of aliphatic hydroxyl groups excluding tert-OH is 3. The van der Waals surface area contributed by atoms with Crippen molar-refractivity contribution in [3.8, 4) is 0 Å². The van der Waals surface area contributed by atoms with Crippen LogP contribution in [-0.2, 0) is 0 Å². The summed E-state index contributed by atoms with van der Waals surface area (Å²) in [6.07, 6.45) is 20.4. The minimum Gasteiger partial charge on any atom is -0.870 e. The molecular formula is C41H56ClLiN12O9. The van der Waals surface area contributed by atoms with Gasteiger partial charge in [0.25, 0.3) is 0 Å². The van der Waals surface area contributed by atoms with Crippen LogP contribution in [0.2, 0.25) is 5.15 Å². The SMILES string of the molecule is CC(=O)c1cnn2ccc(Cl)nc12.CC(=O)c1cnn2ccc(N[C@@H]3CCCC[C@@H]3O)nc12.N[C@@H]1CCCC[C@@H]1O.O.O=C(O)c1cnn2ccc(N[C@@H]3CCCC[C@@H]3O)nc12.[Li+].[OH-]. The maximum atomic E-state index is 11.5. The molecule has 3 aliphatic rings. The molecule has 0 spiro atoms. The van der Waals surface area contributed by atoms with E-state index in [4.69, 9.17) is 27.5 Å². The van der Waals surface area contributed by atoms with Crippen LogP contribution in [0.25, 0.3) is 16.9 Å². The number of carbonyl (C=O) groups is 3. The van der Waals surface area contributed by atoms with E-state index in [-0.39, 0.29) is 83.4 Å². The first-order valence-electron chi connectivity index (χ1n) is 20.6. The Bertz CT molecular complexity index is 2330. The fourth-order valence-electron chi connectivity index (χ4n) is 7.47. The number of halogens is 1. The summed E-state index contributed by atoms with van der Waals surface area (Å²) in [5.41, 5.74) is 7.94. The van der Waals surface area contributed by atoms with E-state index in [9.17, 15) is 24.6 Å². The van der Waals surface area contributed by atoms with Gasteiger partial charge < -0.3 is 47.7 Å². The summed E-state index contributed by atoms with van der Waals surface area (Å²) in [5, 5.41) is 56.9. The van der Waals surface area contributed by atoms with E-state index < -0.39 is 5.97 Å². The van der Waals surface area contributed by atoms with E-state index in [0.29, 0.717) is 44.9 Å². The van der Waals surface area contributed by atoms with E-state index in [0.717, 1.165) is 70.6 Å². The largest absolute Gasteiger partial charge is 1.00 e. The van der Waals surface area contributed by atoms with Crippen LogP contribution in [0.3, 0.4) is 0 Å². The molecule has 0 bridgehead atoms. The Kier molecular flexibility index (Phi) is 20.7. The molecule has 6 atom stereocenters. The Hall–Kier alpha value is -5.08. The molecule has 0 saturated heterocycles. The molecule has 6 aromatic heterocycles. The van der Waals surface area contributed by atoms with Gasteiger partial charge in [-0.15, -0.1) is 0 Å². The second-order valence-corrected chi connectivity index (χ2v) is 15.9. The zero-order valence-electron chi connectivity index (χ0n) is 36.1. The number of aliphatic hydroxyl groups is 3. The minimum atomic E-state index is -1.05. The number of carbonyl (C=O) groups excluding carboxylic acids is 2. The zero-order valence-corrected chi connectivity index (χ0v) is 36.8. The van der Waals surface area contributed by atoms with Crippen LogP contribution in [0.5, 0.6) is 0 Å². The summed E-state index contributed by atoms with van der Waals surface area (Å²) < 4.78 is 4.52. The number of fused-ring (bicyclic) bond motifs is 3. The third kappa shape index (κ3) is 13.7. The maximum Gasteiger partial charge on any atom is 1.00 e. The molecule has 342 valence electrons. The van der Waals surface area contributed by atoms with Gasteiger partial charge in [-0.1, -0.05) is 50.1 Å². The van der Waals surface area contributed by atoms with Crippen molar-refractivity contribution in [3.63, 3.8) is 0 Å². The van der Waals surface area contributed by atoms with Crippen molar-refractivity contribution in [3.05, 3.63) is 77.2 Å². The third-order valence-corrected chi connectivity index (χ3v) is 11.2. The molecule has 0 amide bonds. The number of hydrogen-bond donors (Lipinski definition) is 7. The standard InChI is InChI=1S/C14H18N4O2.C13H16N4O3.C8H6ClN3O.C6H13NO.Li.2H2O/c1-9(19)10-8-15-18-7-6-13(17-14(10)18)16-11-4-2-3-5-12(11)20;18-10-4-2-1-3-9(10)15-11-5-6-17-12(16-11)8(7-14-17)13(19)20;1-5(13)6-4-10-12-3-2-7(9)11-8(6)12;7-5-3-1-2-4-6(5)8;;;/h6-8,11-12,20H,2-5H2,1H3,(H,16,17);5-7,9-10,18H,1-4H2,(H,15,16)(H,19,20);2-4H,1H3;5-6,8H,1-4,7H2;;2*1H2/q;;;;+1;;/p-1/t11-,12+;9-,10+;;5-,6+;;;/m11.1.../s1. The summed E-state index contributed by atoms with van der Waals surface area (Å²) in [4.78, 5) is 46.4. The van der Waals surface area contributed by atoms with E-state index >= 15 is 0 Å². The third-order valence-electron chi connectivity index (χ3n) is 11.0. The minimum absolute atomic E-state index is 0.